The number of fused-ring (bicyclic) bond motifs is 3. The van der Waals surface area contributed by atoms with Crippen LogP contribution in [0.15, 0.2) is 41.4 Å². The van der Waals surface area contributed by atoms with Crippen LogP contribution in [0.3, 0.4) is 0 Å². The van der Waals surface area contributed by atoms with Gasteiger partial charge >= 0.3 is 0 Å². The molecular formula is C19H20N4O3S2. The molecule has 0 unspecified atom stereocenters. The van der Waals surface area contributed by atoms with Gasteiger partial charge < -0.3 is 10.1 Å². The van der Waals surface area contributed by atoms with Gasteiger partial charge in [0.05, 0.1) is 39.6 Å². The van der Waals surface area contributed by atoms with Crippen molar-refractivity contribution >= 4 is 53.1 Å². The lowest BCUT2D eigenvalue weighted by Gasteiger charge is -2.10. The first-order chi connectivity index (χ1) is 13.4. The number of hydrogen-bond donors (Lipinski definition) is 1. The van der Waals surface area contributed by atoms with Crippen LogP contribution in [0.1, 0.15) is 13.3 Å². The lowest BCUT2D eigenvalue weighted by atomic mass is 10.2. The van der Waals surface area contributed by atoms with E-state index in [0.29, 0.717) is 16.6 Å². The number of sulfone groups is 1. The third-order valence-electron chi connectivity index (χ3n) is 4.46. The molecule has 2 aromatic heterocycles. The number of nitrogens with zero attached hydrogens (tertiary/aromatic N) is 3. The number of anilines is 2. The summed E-state index contributed by atoms with van der Waals surface area (Å²) in [5.41, 5.74) is 2.50. The van der Waals surface area contributed by atoms with E-state index in [9.17, 15) is 8.42 Å². The highest BCUT2D eigenvalue weighted by atomic mass is 32.2. The molecule has 0 aliphatic carbocycles. The van der Waals surface area contributed by atoms with Crippen LogP contribution in [0, 0.1) is 0 Å². The quantitative estimate of drug-likeness (QED) is 0.507. The Hall–Kier alpha value is -2.65. The largest absolute Gasteiger partial charge is 0.495 e. The Labute approximate surface area is 166 Å². The fourth-order valence-corrected chi connectivity index (χ4v) is 4.66. The smallest absolute Gasteiger partial charge is 0.188 e. The number of aromatic nitrogens is 3. The molecule has 1 N–H and O–H groups in total. The molecule has 0 saturated heterocycles. The number of benzene rings is 2. The molecule has 0 radical (unpaired) electrons. The fraction of sp³-hybridized carbons (Fsp3) is 0.263. The summed E-state index contributed by atoms with van der Waals surface area (Å²) >= 11 is 1.50. The summed E-state index contributed by atoms with van der Waals surface area (Å²) in [4.78, 5) is 4.95. The van der Waals surface area contributed by atoms with Gasteiger partial charge in [-0.2, -0.15) is 5.10 Å². The molecule has 2 aromatic carbocycles. The maximum Gasteiger partial charge on any atom is 0.188 e. The molecular weight excluding hydrogens is 396 g/mol. The second kappa shape index (κ2) is 7.06. The van der Waals surface area contributed by atoms with Gasteiger partial charge in [0, 0.05) is 18.2 Å². The number of thiazole rings is 1. The number of hydrogen-bond acceptors (Lipinski definition) is 7. The zero-order chi connectivity index (χ0) is 19.9. The second-order valence-corrected chi connectivity index (χ2v) is 9.54. The molecule has 0 saturated carbocycles. The molecule has 0 fully saturated rings. The van der Waals surface area contributed by atoms with Gasteiger partial charge in [-0.05, 0) is 36.8 Å². The Balaban J connectivity index is 1.77. The van der Waals surface area contributed by atoms with Gasteiger partial charge in [-0.3, -0.25) is 4.68 Å². The predicted octanol–water partition coefficient (Wildman–Crippen LogP) is 4.21. The molecule has 2 heterocycles. The molecule has 0 aliphatic heterocycles. The van der Waals surface area contributed by atoms with E-state index in [1.54, 1.807) is 19.2 Å². The molecule has 0 atom stereocenters. The zero-order valence-electron chi connectivity index (χ0n) is 15.8. The summed E-state index contributed by atoms with van der Waals surface area (Å²) in [6, 6.07) is 8.84. The number of methoxy groups -OCH3 is 1. The second-order valence-electron chi connectivity index (χ2n) is 6.49. The Morgan fingerprint density at radius 1 is 1.25 bits per heavy atom. The summed E-state index contributed by atoms with van der Waals surface area (Å²) in [6.45, 7) is 2.98. The summed E-state index contributed by atoms with van der Waals surface area (Å²) < 4.78 is 32.2. The lowest BCUT2D eigenvalue weighted by molar-refractivity contribution is 0.416. The van der Waals surface area contributed by atoms with Gasteiger partial charge in [0.2, 0.25) is 0 Å². The van der Waals surface area contributed by atoms with Gasteiger partial charge in [0.15, 0.2) is 15.0 Å². The minimum Gasteiger partial charge on any atom is -0.495 e. The summed E-state index contributed by atoms with van der Waals surface area (Å²) in [7, 11) is -1.78. The van der Waals surface area contributed by atoms with Gasteiger partial charge in [0.25, 0.3) is 0 Å². The molecule has 4 rings (SSSR count). The van der Waals surface area contributed by atoms with Crippen molar-refractivity contribution < 1.29 is 13.2 Å². The van der Waals surface area contributed by atoms with E-state index in [-0.39, 0.29) is 4.90 Å². The molecule has 0 amide bonds. The van der Waals surface area contributed by atoms with E-state index >= 15 is 0 Å². The normalized spacial score (nSPS) is 12.0. The summed E-state index contributed by atoms with van der Waals surface area (Å²) in [5, 5.41) is 9.35. The van der Waals surface area contributed by atoms with Gasteiger partial charge in [-0.25, -0.2) is 13.4 Å². The van der Waals surface area contributed by atoms with Crippen LogP contribution in [0.4, 0.5) is 10.8 Å². The highest BCUT2D eigenvalue weighted by Gasteiger charge is 2.15. The first-order valence-corrected chi connectivity index (χ1v) is 11.5. The van der Waals surface area contributed by atoms with Crippen molar-refractivity contribution in [2.24, 2.45) is 0 Å². The van der Waals surface area contributed by atoms with Crippen LogP contribution >= 0.6 is 11.3 Å². The molecule has 0 bridgehead atoms. The topological polar surface area (TPSA) is 86.1 Å². The Morgan fingerprint density at radius 2 is 2.07 bits per heavy atom. The Kier molecular flexibility index (Phi) is 4.72. The van der Waals surface area contributed by atoms with Crippen molar-refractivity contribution in [2.45, 2.75) is 24.8 Å². The number of aryl methyl sites for hydroxylation is 1. The minimum atomic E-state index is -3.32. The average Bonchev–Trinajstić information content (AvgIpc) is 3.24. The van der Waals surface area contributed by atoms with Crippen LogP contribution in [-0.2, 0) is 16.4 Å². The highest BCUT2D eigenvalue weighted by molar-refractivity contribution is 7.90. The molecule has 0 aliphatic rings. The lowest BCUT2D eigenvalue weighted by Crippen LogP contribution is -2.00. The first-order valence-electron chi connectivity index (χ1n) is 8.81. The standard InChI is InChI=1S/C19H20N4O3S2/c1-4-9-23-15-6-8-17-18(13(15)11-20-23)22-19(27-17)21-14-10-12(28(3,24)25)5-7-16(14)26-2/h5-8,10-11H,4,9H2,1-3H3,(H,21,22). The van der Waals surface area contributed by atoms with E-state index < -0.39 is 9.84 Å². The van der Waals surface area contributed by atoms with Crippen LogP contribution in [0.2, 0.25) is 0 Å². The van der Waals surface area contributed by atoms with Crippen LogP contribution < -0.4 is 10.1 Å². The van der Waals surface area contributed by atoms with Gasteiger partial charge in [0.1, 0.15) is 5.75 Å². The molecule has 4 aromatic rings. The fourth-order valence-electron chi connectivity index (χ4n) is 3.12. The van der Waals surface area contributed by atoms with Crippen LogP contribution in [0.25, 0.3) is 21.1 Å². The van der Waals surface area contributed by atoms with Crippen LogP contribution in [-0.4, -0.2) is 36.5 Å². The third kappa shape index (κ3) is 3.31. The van der Waals surface area contributed by atoms with E-state index in [2.05, 4.69) is 23.4 Å². The first kappa shape index (κ1) is 18.7. The van der Waals surface area contributed by atoms with Crippen molar-refractivity contribution in [3.05, 3.63) is 36.5 Å². The van der Waals surface area contributed by atoms with Crippen molar-refractivity contribution in [3.63, 3.8) is 0 Å². The molecule has 28 heavy (non-hydrogen) atoms. The molecule has 7 nitrogen and oxygen atoms in total. The van der Waals surface area contributed by atoms with Crippen LogP contribution in [0.5, 0.6) is 5.75 Å². The van der Waals surface area contributed by atoms with Crippen molar-refractivity contribution in [2.75, 3.05) is 18.7 Å². The van der Waals surface area contributed by atoms with E-state index in [4.69, 9.17) is 9.72 Å². The van der Waals surface area contributed by atoms with Gasteiger partial charge in [-0.1, -0.05) is 18.3 Å². The SMILES string of the molecule is CCCn1ncc2c3nc(Nc4cc(S(C)(=O)=O)ccc4OC)sc3ccc21. The van der Waals surface area contributed by atoms with E-state index in [1.807, 2.05) is 16.9 Å². The third-order valence-corrected chi connectivity index (χ3v) is 6.50. The maximum absolute atomic E-state index is 11.9. The summed E-state index contributed by atoms with van der Waals surface area (Å²) in [6.07, 6.45) is 4.04. The Bertz CT molecular complexity index is 1280. The number of ether oxygens (including phenoxy) is 1. The maximum atomic E-state index is 11.9. The highest BCUT2D eigenvalue weighted by Crippen LogP contribution is 2.36. The van der Waals surface area contributed by atoms with Crippen molar-refractivity contribution in [1.29, 1.82) is 0 Å². The molecule has 9 heteroatoms. The van der Waals surface area contributed by atoms with E-state index in [0.717, 1.165) is 34.1 Å². The Morgan fingerprint density at radius 3 is 2.79 bits per heavy atom. The van der Waals surface area contributed by atoms with Crippen molar-refractivity contribution in [3.8, 4) is 5.75 Å². The van der Waals surface area contributed by atoms with Gasteiger partial charge in [-0.15, -0.1) is 0 Å². The number of nitrogens with one attached hydrogen (secondary N) is 1. The molecule has 0 spiro atoms. The van der Waals surface area contributed by atoms with E-state index in [1.165, 1.54) is 23.7 Å². The summed E-state index contributed by atoms with van der Waals surface area (Å²) in [5.74, 6) is 0.549. The minimum absolute atomic E-state index is 0.222. The molecule has 146 valence electrons. The predicted molar refractivity (Wildman–Crippen MR) is 113 cm³/mol. The monoisotopic (exact) mass is 416 g/mol. The zero-order valence-corrected chi connectivity index (χ0v) is 17.4. The number of rotatable bonds is 6. The van der Waals surface area contributed by atoms with Crippen molar-refractivity contribution in [1.82, 2.24) is 14.8 Å². The average molecular weight is 417 g/mol.